The lowest BCUT2D eigenvalue weighted by Gasteiger charge is -2.02. The Hall–Kier alpha value is -0.570. The Bertz CT molecular complexity index is 146. The average molecular weight is 128 g/mol. The molecule has 52 valence electrons. The number of rotatable bonds is 2. The first kappa shape index (κ1) is 6.55. The molecule has 0 bridgehead atoms. The quantitative estimate of drug-likeness (QED) is 0.531. The van der Waals surface area contributed by atoms with Crippen LogP contribution >= 0.6 is 0 Å². The Morgan fingerprint density at radius 2 is 2.44 bits per heavy atom. The molecule has 3 heteroatoms. The van der Waals surface area contributed by atoms with Crippen LogP contribution in [0.4, 0.5) is 0 Å². The minimum absolute atomic E-state index is 0.343. The molecule has 4 N–H and O–H groups in total. The van der Waals surface area contributed by atoms with Crippen LogP contribution in [0.2, 0.25) is 0 Å². The Balaban J connectivity index is 2.52. The molecule has 1 rings (SSSR count). The highest BCUT2D eigenvalue weighted by Crippen LogP contribution is 2.42. The van der Waals surface area contributed by atoms with Crippen LogP contribution in [-0.2, 0) is 4.79 Å². The zero-order valence-corrected chi connectivity index (χ0v) is 5.55. The van der Waals surface area contributed by atoms with Gasteiger partial charge in [0.2, 0.25) is 5.91 Å². The summed E-state index contributed by atoms with van der Waals surface area (Å²) in [5.74, 6) is -0.00986. The van der Waals surface area contributed by atoms with Crippen molar-refractivity contribution in [1.29, 1.82) is 0 Å². The standard InChI is InChI=1S/C6H12N2O/c1-2-4-3-6(4,8)5(7)9/h4H,2-3,8H2,1H3,(H2,7,9). The summed E-state index contributed by atoms with van der Waals surface area (Å²) >= 11 is 0. The SMILES string of the molecule is CCC1CC1(N)C(N)=O. The fraction of sp³-hybridized carbons (Fsp3) is 0.833. The second-order valence-corrected chi connectivity index (χ2v) is 2.71. The molecule has 3 nitrogen and oxygen atoms in total. The number of nitrogens with two attached hydrogens (primary N) is 2. The van der Waals surface area contributed by atoms with Crippen LogP contribution in [0.1, 0.15) is 19.8 Å². The van der Waals surface area contributed by atoms with Gasteiger partial charge in [0.05, 0.1) is 5.54 Å². The molecule has 2 unspecified atom stereocenters. The highest BCUT2D eigenvalue weighted by molar-refractivity contribution is 5.88. The smallest absolute Gasteiger partial charge is 0.237 e. The van der Waals surface area contributed by atoms with Crippen LogP contribution in [0.15, 0.2) is 0 Å². The number of carbonyl (C=O) groups excluding carboxylic acids is 1. The highest BCUT2D eigenvalue weighted by atomic mass is 16.1. The molecular weight excluding hydrogens is 116 g/mol. The van der Waals surface area contributed by atoms with Crippen LogP contribution in [0, 0.1) is 5.92 Å². The van der Waals surface area contributed by atoms with E-state index in [-0.39, 0.29) is 5.91 Å². The zero-order valence-electron chi connectivity index (χ0n) is 5.55. The van der Waals surface area contributed by atoms with Crippen molar-refractivity contribution in [3.05, 3.63) is 0 Å². The van der Waals surface area contributed by atoms with Crippen molar-refractivity contribution >= 4 is 5.91 Å². The van der Waals surface area contributed by atoms with E-state index in [4.69, 9.17) is 11.5 Å². The molecule has 0 aromatic heterocycles. The van der Waals surface area contributed by atoms with E-state index in [1.54, 1.807) is 0 Å². The Kier molecular flexibility index (Phi) is 1.24. The predicted octanol–water partition coefficient (Wildman–Crippen LogP) is -0.401. The number of hydrogen-bond donors (Lipinski definition) is 2. The number of carbonyl (C=O) groups is 1. The molecular formula is C6H12N2O. The van der Waals surface area contributed by atoms with Gasteiger partial charge in [0, 0.05) is 0 Å². The predicted molar refractivity (Wildman–Crippen MR) is 34.5 cm³/mol. The summed E-state index contributed by atoms with van der Waals surface area (Å²) in [4.78, 5) is 10.5. The molecule has 1 aliphatic carbocycles. The Labute approximate surface area is 54.4 Å². The maximum absolute atomic E-state index is 10.5. The first-order valence-electron chi connectivity index (χ1n) is 3.20. The van der Waals surface area contributed by atoms with Gasteiger partial charge in [-0.15, -0.1) is 0 Å². The van der Waals surface area contributed by atoms with Gasteiger partial charge in [0.15, 0.2) is 0 Å². The molecule has 0 saturated heterocycles. The van der Waals surface area contributed by atoms with Crippen molar-refractivity contribution in [2.45, 2.75) is 25.3 Å². The summed E-state index contributed by atoms with van der Waals surface area (Å²) in [6.45, 7) is 2.02. The van der Waals surface area contributed by atoms with Crippen LogP contribution in [0.25, 0.3) is 0 Å². The average Bonchev–Trinajstić information content (AvgIpc) is 2.44. The van der Waals surface area contributed by atoms with E-state index in [0.29, 0.717) is 5.92 Å². The lowest BCUT2D eigenvalue weighted by molar-refractivity contribution is -0.120. The summed E-state index contributed by atoms with van der Waals surface area (Å²) in [6, 6.07) is 0. The molecule has 0 aromatic carbocycles. The van der Waals surface area contributed by atoms with Gasteiger partial charge in [0.1, 0.15) is 0 Å². The van der Waals surface area contributed by atoms with E-state index in [2.05, 4.69) is 0 Å². The van der Waals surface area contributed by atoms with Gasteiger partial charge in [0.25, 0.3) is 0 Å². The lowest BCUT2D eigenvalue weighted by atomic mass is 10.2. The van der Waals surface area contributed by atoms with E-state index >= 15 is 0 Å². The van der Waals surface area contributed by atoms with Crippen molar-refractivity contribution in [2.24, 2.45) is 17.4 Å². The zero-order chi connectivity index (χ0) is 7.07. The van der Waals surface area contributed by atoms with E-state index < -0.39 is 5.54 Å². The van der Waals surface area contributed by atoms with Gasteiger partial charge in [-0.2, -0.15) is 0 Å². The van der Waals surface area contributed by atoms with Crippen LogP contribution in [0.3, 0.4) is 0 Å². The summed E-state index contributed by atoms with van der Waals surface area (Å²) in [6.07, 6.45) is 1.73. The van der Waals surface area contributed by atoms with E-state index in [1.165, 1.54) is 0 Å². The van der Waals surface area contributed by atoms with Gasteiger partial charge in [-0.3, -0.25) is 4.79 Å². The van der Waals surface area contributed by atoms with Gasteiger partial charge < -0.3 is 11.5 Å². The van der Waals surface area contributed by atoms with Crippen molar-refractivity contribution in [3.63, 3.8) is 0 Å². The molecule has 0 aliphatic heterocycles. The van der Waals surface area contributed by atoms with Gasteiger partial charge >= 0.3 is 0 Å². The molecule has 0 radical (unpaired) electrons. The molecule has 1 saturated carbocycles. The topological polar surface area (TPSA) is 69.1 Å². The number of amides is 1. The minimum Gasteiger partial charge on any atom is -0.368 e. The van der Waals surface area contributed by atoms with Crippen LogP contribution in [-0.4, -0.2) is 11.4 Å². The maximum atomic E-state index is 10.5. The third-order valence-corrected chi connectivity index (χ3v) is 2.10. The van der Waals surface area contributed by atoms with Crippen LogP contribution < -0.4 is 11.5 Å². The second-order valence-electron chi connectivity index (χ2n) is 2.71. The van der Waals surface area contributed by atoms with Crippen molar-refractivity contribution in [3.8, 4) is 0 Å². The fourth-order valence-electron chi connectivity index (χ4n) is 1.16. The first-order valence-corrected chi connectivity index (χ1v) is 3.20. The maximum Gasteiger partial charge on any atom is 0.237 e. The van der Waals surface area contributed by atoms with Crippen molar-refractivity contribution in [2.75, 3.05) is 0 Å². The molecule has 2 atom stereocenters. The Morgan fingerprint density at radius 3 is 2.56 bits per heavy atom. The van der Waals surface area contributed by atoms with E-state index in [0.717, 1.165) is 12.8 Å². The first-order chi connectivity index (χ1) is 4.11. The van der Waals surface area contributed by atoms with Gasteiger partial charge in [-0.05, 0) is 12.3 Å². The molecule has 1 amide bonds. The van der Waals surface area contributed by atoms with Gasteiger partial charge in [-0.1, -0.05) is 13.3 Å². The van der Waals surface area contributed by atoms with Gasteiger partial charge in [-0.25, -0.2) is 0 Å². The molecule has 1 aliphatic rings. The molecule has 0 spiro atoms. The summed E-state index contributed by atoms with van der Waals surface area (Å²) < 4.78 is 0. The summed E-state index contributed by atoms with van der Waals surface area (Å²) in [5, 5.41) is 0. The second kappa shape index (κ2) is 1.70. The molecule has 9 heavy (non-hydrogen) atoms. The largest absolute Gasteiger partial charge is 0.368 e. The normalized spacial score (nSPS) is 40.4. The van der Waals surface area contributed by atoms with E-state index in [9.17, 15) is 4.79 Å². The third-order valence-electron chi connectivity index (χ3n) is 2.10. The summed E-state index contributed by atoms with van der Waals surface area (Å²) in [5.41, 5.74) is 9.96. The van der Waals surface area contributed by atoms with Crippen LogP contribution in [0.5, 0.6) is 0 Å². The molecule has 0 aromatic rings. The van der Waals surface area contributed by atoms with Crippen molar-refractivity contribution in [1.82, 2.24) is 0 Å². The lowest BCUT2D eigenvalue weighted by Crippen LogP contribution is -2.40. The monoisotopic (exact) mass is 128 g/mol. The number of primary amides is 1. The van der Waals surface area contributed by atoms with Crippen molar-refractivity contribution < 1.29 is 4.79 Å². The highest BCUT2D eigenvalue weighted by Gasteiger charge is 2.54. The third kappa shape index (κ3) is 0.812. The molecule has 0 heterocycles. The number of hydrogen-bond acceptors (Lipinski definition) is 2. The minimum atomic E-state index is -0.644. The molecule has 1 fully saturated rings. The summed E-state index contributed by atoms with van der Waals surface area (Å²) in [7, 11) is 0. The fourth-order valence-corrected chi connectivity index (χ4v) is 1.16. The van der Waals surface area contributed by atoms with E-state index in [1.807, 2.05) is 6.92 Å². The Morgan fingerprint density at radius 1 is 1.89 bits per heavy atom.